The number of carbonyl (C=O) groups is 6. The number of anilines is 1. The lowest BCUT2D eigenvalue weighted by Crippen LogP contribution is -2.54. The molecule has 3 heterocycles. The van der Waals surface area contributed by atoms with E-state index in [2.05, 4.69) is 16.0 Å². The van der Waals surface area contributed by atoms with E-state index in [1.54, 1.807) is 17.0 Å². The van der Waals surface area contributed by atoms with Crippen LogP contribution < -0.4 is 16.0 Å². The van der Waals surface area contributed by atoms with Crippen LogP contribution in [0, 0.1) is 5.92 Å². The molecule has 1 unspecified atom stereocenters. The Morgan fingerprint density at radius 1 is 1.08 bits per heavy atom. The fraction of sp³-hybridized carbons (Fsp3) is 0.538. The van der Waals surface area contributed by atoms with Crippen molar-refractivity contribution in [1.82, 2.24) is 20.4 Å². The minimum absolute atomic E-state index is 0.0501. The molecule has 3 aliphatic rings. The van der Waals surface area contributed by atoms with Gasteiger partial charge < -0.3 is 20.3 Å². The number of amides is 6. The fourth-order valence-electron chi connectivity index (χ4n) is 4.89. The van der Waals surface area contributed by atoms with E-state index in [1.807, 2.05) is 20.8 Å². The molecular formula is C26H33N5O7. The van der Waals surface area contributed by atoms with Crippen LogP contribution in [0.2, 0.25) is 0 Å². The molecule has 4 rings (SSSR count). The first kappa shape index (κ1) is 27.1. The minimum atomic E-state index is -1.03. The van der Waals surface area contributed by atoms with Gasteiger partial charge in [-0.05, 0) is 51.7 Å². The Morgan fingerprint density at radius 3 is 2.55 bits per heavy atom. The molecule has 0 aromatic heterocycles. The number of nitrogens with zero attached hydrogens (tertiary/aromatic N) is 2. The summed E-state index contributed by atoms with van der Waals surface area (Å²) in [6, 6.07) is 3.78. The largest absolute Gasteiger partial charge is 0.444 e. The molecule has 0 aliphatic carbocycles. The highest BCUT2D eigenvalue weighted by Gasteiger charge is 2.45. The Kier molecular flexibility index (Phi) is 7.70. The molecule has 1 aromatic carbocycles. The lowest BCUT2D eigenvalue weighted by Gasteiger charge is -2.27. The van der Waals surface area contributed by atoms with Gasteiger partial charge in [-0.25, -0.2) is 4.79 Å². The summed E-state index contributed by atoms with van der Waals surface area (Å²) < 4.78 is 5.39. The third-order valence-corrected chi connectivity index (χ3v) is 6.64. The molecule has 0 radical (unpaired) electrons. The van der Waals surface area contributed by atoms with E-state index in [1.165, 1.54) is 6.07 Å². The SMILES string of the molecule is CC(C)(C)OC(=O)N1CC[C@@H](CC(=O)NCCNc2cccc3c2C(=O)N(C2CCC(=O)NC2=O)C3=O)C1. The Hall–Kier alpha value is -3.96. The lowest BCUT2D eigenvalue weighted by atomic mass is 10.0. The summed E-state index contributed by atoms with van der Waals surface area (Å²) in [6.45, 7) is 7.04. The van der Waals surface area contributed by atoms with Gasteiger partial charge in [-0.3, -0.25) is 34.2 Å². The summed E-state index contributed by atoms with van der Waals surface area (Å²) >= 11 is 0. The van der Waals surface area contributed by atoms with Crippen molar-refractivity contribution < 1.29 is 33.5 Å². The molecule has 3 N–H and O–H groups in total. The zero-order valence-corrected chi connectivity index (χ0v) is 21.8. The summed E-state index contributed by atoms with van der Waals surface area (Å²) in [5.41, 5.74) is 0.208. The minimum Gasteiger partial charge on any atom is -0.444 e. The van der Waals surface area contributed by atoms with E-state index < -0.39 is 35.3 Å². The van der Waals surface area contributed by atoms with Crippen molar-refractivity contribution in [3.05, 3.63) is 29.3 Å². The second kappa shape index (κ2) is 10.8. The van der Waals surface area contributed by atoms with Crippen molar-refractivity contribution in [1.29, 1.82) is 0 Å². The fourth-order valence-corrected chi connectivity index (χ4v) is 4.89. The van der Waals surface area contributed by atoms with Crippen molar-refractivity contribution in [2.24, 2.45) is 5.92 Å². The zero-order valence-electron chi connectivity index (χ0n) is 21.8. The molecule has 12 heteroatoms. The van der Waals surface area contributed by atoms with Crippen LogP contribution in [-0.4, -0.2) is 83.3 Å². The van der Waals surface area contributed by atoms with Gasteiger partial charge in [0, 0.05) is 44.7 Å². The highest BCUT2D eigenvalue weighted by Crippen LogP contribution is 2.32. The van der Waals surface area contributed by atoms with E-state index in [0.29, 0.717) is 25.3 Å². The third-order valence-electron chi connectivity index (χ3n) is 6.64. The first-order valence-electron chi connectivity index (χ1n) is 12.8. The van der Waals surface area contributed by atoms with Gasteiger partial charge in [-0.1, -0.05) is 6.07 Å². The predicted octanol–water partition coefficient (Wildman–Crippen LogP) is 1.26. The van der Waals surface area contributed by atoms with E-state index in [0.717, 1.165) is 11.3 Å². The van der Waals surface area contributed by atoms with Gasteiger partial charge in [0.2, 0.25) is 17.7 Å². The number of hydrogen-bond donors (Lipinski definition) is 3. The van der Waals surface area contributed by atoms with Gasteiger partial charge in [0.15, 0.2) is 0 Å². The molecule has 204 valence electrons. The van der Waals surface area contributed by atoms with Crippen LogP contribution in [0.3, 0.4) is 0 Å². The van der Waals surface area contributed by atoms with Gasteiger partial charge in [-0.2, -0.15) is 0 Å². The highest BCUT2D eigenvalue weighted by molar-refractivity contribution is 6.25. The van der Waals surface area contributed by atoms with Crippen LogP contribution in [0.4, 0.5) is 10.5 Å². The zero-order chi connectivity index (χ0) is 27.6. The molecule has 2 atom stereocenters. The Bertz CT molecular complexity index is 1180. The number of hydrogen-bond acceptors (Lipinski definition) is 8. The normalized spacial score (nSPS) is 21.3. The van der Waals surface area contributed by atoms with E-state index in [9.17, 15) is 28.8 Å². The number of piperidine rings is 1. The van der Waals surface area contributed by atoms with Crippen LogP contribution in [0.1, 0.15) is 67.2 Å². The molecule has 2 saturated heterocycles. The number of imide groups is 2. The van der Waals surface area contributed by atoms with Crippen molar-refractivity contribution in [2.75, 3.05) is 31.5 Å². The number of ether oxygens (including phenoxy) is 1. The maximum absolute atomic E-state index is 13.1. The molecule has 12 nitrogen and oxygen atoms in total. The maximum Gasteiger partial charge on any atom is 0.410 e. The van der Waals surface area contributed by atoms with Gasteiger partial charge >= 0.3 is 6.09 Å². The number of fused-ring (bicyclic) bond motifs is 1. The molecule has 6 amide bonds. The van der Waals surface area contributed by atoms with Crippen LogP contribution in [0.15, 0.2) is 18.2 Å². The van der Waals surface area contributed by atoms with Gasteiger partial charge in [0.05, 0.1) is 11.1 Å². The Labute approximate surface area is 220 Å². The van der Waals surface area contributed by atoms with Crippen molar-refractivity contribution >= 4 is 41.3 Å². The number of rotatable bonds is 7. The molecule has 0 bridgehead atoms. The highest BCUT2D eigenvalue weighted by atomic mass is 16.6. The number of benzene rings is 1. The Morgan fingerprint density at radius 2 is 1.84 bits per heavy atom. The van der Waals surface area contributed by atoms with E-state index >= 15 is 0 Å². The standard InChI is InChI=1S/C26H33N5O7/c1-26(2,3)38-25(37)30-12-9-15(14-30)13-20(33)28-11-10-27-17-6-4-5-16-21(17)24(36)31(23(16)35)18-7-8-19(32)29-22(18)34/h4-6,15,18,27H,7-14H2,1-3H3,(H,28,33)(H,29,32,34)/t15-,18?/m0/s1. The molecule has 2 fully saturated rings. The summed E-state index contributed by atoms with van der Waals surface area (Å²) in [4.78, 5) is 77.0. The molecule has 38 heavy (non-hydrogen) atoms. The first-order valence-corrected chi connectivity index (χ1v) is 12.8. The summed E-state index contributed by atoms with van der Waals surface area (Å²) in [6.07, 6.45) is 0.773. The topological polar surface area (TPSA) is 154 Å². The van der Waals surface area contributed by atoms with Crippen LogP contribution in [-0.2, 0) is 19.1 Å². The number of likely N-dealkylation sites (tertiary alicyclic amines) is 1. The van der Waals surface area contributed by atoms with Crippen LogP contribution in [0.5, 0.6) is 0 Å². The van der Waals surface area contributed by atoms with Crippen LogP contribution in [0.25, 0.3) is 0 Å². The Balaban J connectivity index is 1.26. The van der Waals surface area contributed by atoms with E-state index in [-0.39, 0.29) is 54.9 Å². The summed E-state index contributed by atoms with van der Waals surface area (Å²) in [5, 5.41) is 8.11. The van der Waals surface area contributed by atoms with Crippen LogP contribution >= 0.6 is 0 Å². The monoisotopic (exact) mass is 527 g/mol. The molecule has 0 spiro atoms. The summed E-state index contributed by atoms with van der Waals surface area (Å²) in [5.74, 6) is -2.35. The molecule has 3 aliphatic heterocycles. The van der Waals surface area contributed by atoms with Gasteiger partial charge in [0.25, 0.3) is 11.8 Å². The van der Waals surface area contributed by atoms with E-state index in [4.69, 9.17) is 4.74 Å². The quantitative estimate of drug-likeness (QED) is 0.354. The second-order valence-corrected chi connectivity index (χ2v) is 10.7. The predicted molar refractivity (Wildman–Crippen MR) is 135 cm³/mol. The summed E-state index contributed by atoms with van der Waals surface area (Å²) in [7, 11) is 0. The third kappa shape index (κ3) is 5.95. The van der Waals surface area contributed by atoms with Crippen molar-refractivity contribution in [3.63, 3.8) is 0 Å². The first-order chi connectivity index (χ1) is 17.9. The second-order valence-electron chi connectivity index (χ2n) is 10.7. The van der Waals surface area contributed by atoms with Gasteiger partial charge in [0.1, 0.15) is 11.6 Å². The molecule has 1 aromatic rings. The molecule has 0 saturated carbocycles. The lowest BCUT2D eigenvalue weighted by molar-refractivity contribution is -0.136. The number of carbonyl (C=O) groups excluding carboxylic acids is 6. The molecular weight excluding hydrogens is 494 g/mol. The smallest absolute Gasteiger partial charge is 0.410 e. The van der Waals surface area contributed by atoms with Gasteiger partial charge in [-0.15, -0.1) is 0 Å². The van der Waals surface area contributed by atoms with Crippen molar-refractivity contribution in [3.8, 4) is 0 Å². The average Bonchev–Trinajstić information content (AvgIpc) is 3.39. The average molecular weight is 528 g/mol. The van der Waals surface area contributed by atoms with Crippen molar-refractivity contribution in [2.45, 2.75) is 58.1 Å². The maximum atomic E-state index is 13.1. The number of nitrogens with one attached hydrogen (secondary N) is 3.